The van der Waals surface area contributed by atoms with Gasteiger partial charge in [0.15, 0.2) is 0 Å². The maximum Gasteiger partial charge on any atom is 0.239 e. The molecule has 6 nitrogen and oxygen atoms in total. The normalized spacial score (nSPS) is 19.3. The van der Waals surface area contributed by atoms with Gasteiger partial charge in [-0.1, -0.05) is 34.6 Å². The first-order valence-electron chi connectivity index (χ1n) is 8.38. The third kappa shape index (κ3) is 4.52. The van der Waals surface area contributed by atoms with Crippen LogP contribution in [0.2, 0.25) is 0 Å². The van der Waals surface area contributed by atoms with Crippen LogP contribution in [0.25, 0.3) is 0 Å². The zero-order chi connectivity index (χ0) is 18.1. The Labute approximate surface area is 143 Å². The van der Waals surface area contributed by atoms with Gasteiger partial charge in [0.2, 0.25) is 11.8 Å². The molecule has 2 rings (SSSR count). The number of hydrogen-bond donors (Lipinski definition) is 2. The van der Waals surface area contributed by atoms with Crippen LogP contribution in [0, 0.1) is 5.41 Å². The number of fused-ring (bicyclic) bond motifs is 1. The van der Waals surface area contributed by atoms with Crippen molar-refractivity contribution in [2.24, 2.45) is 5.41 Å². The van der Waals surface area contributed by atoms with Crippen molar-refractivity contribution in [1.82, 2.24) is 20.6 Å². The molecule has 0 saturated carbocycles. The van der Waals surface area contributed by atoms with E-state index in [0.717, 1.165) is 29.9 Å². The first kappa shape index (κ1) is 18.4. The van der Waals surface area contributed by atoms with Crippen LogP contribution in [-0.2, 0) is 21.4 Å². The lowest BCUT2D eigenvalue weighted by molar-refractivity contribution is -0.125. The van der Waals surface area contributed by atoms with Crippen molar-refractivity contribution in [3.63, 3.8) is 0 Å². The van der Waals surface area contributed by atoms with Crippen LogP contribution in [0.15, 0.2) is 6.20 Å². The van der Waals surface area contributed by atoms with Gasteiger partial charge < -0.3 is 10.6 Å². The molecule has 2 amide bonds. The molecule has 1 unspecified atom stereocenters. The molecule has 6 heteroatoms. The fraction of sp³-hybridized carbons (Fsp3) is 0.667. The summed E-state index contributed by atoms with van der Waals surface area (Å²) in [5, 5.41) is 5.54. The van der Waals surface area contributed by atoms with Crippen molar-refractivity contribution in [2.45, 2.75) is 65.8 Å². The molecule has 2 N–H and O–H groups in total. The molecule has 0 spiro atoms. The first-order valence-corrected chi connectivity index (χ1v) is 8.38. The lowest BCUT2D eigenvalue weighted by Gasteiger charge is -2.37. The number of hydrogen-bond acceptors (Lipinski definition) is 4. The van der Waals surface area contributed by atoms with Gasteiger partial charge in [0, 0.05) is 29.8 Å². The van der Waals surface area contributed by atoms with Gasteiger partial charge in [0.1, 0.15) is 5.82 Å². The fourth-order valence-corrected chi connectivity index (χ4v) is 2.99. The smallest absolute Gasteiger partial charge is 0.239 e. The SMILES string of the molecule is CC(=O)NCC(=O)NC1CC(C)(C)Cc2nc(C(C)(C)C)ncc21. The van der Waals surface area contributed by atoms with E-state index in [1.165, 1.54) is 6.92 Å². The van der Waals surface area contributed by atoms with E-state index < -0.39 is 0 Å². The summed E-state index contributed by atoms with van der Waals surface area (Å²) in [6.07, 6.45) is 3.54. The van der Waals surface area contributed by atoms with Crippen molar-refractivity contribution in [3.05, 3.63) is 23.3 Å². The molecule has 1 aliphatic rings. The maximum absolute atomic E-state index is 12.1. The monoisotopic (exact) mass is 332 g/mol. The molecule has 1 aromatic rings. The molecule has 1 aromatic heterocycles. The minimum absolute atomic E-state index is 0.0114. The van der Waals surface area contributed by atoms with E-state index in [-0.39, 0.29) is 35.2 Å². The Balaban J connectivity index is 2.25. The summed E-state index contributed by atoms with van der Waals surface area (Å²) in [5.74, 6) is 0.411. The summed E-state index contributed by atoms with van der Waals surface area (Å²) in [6.45, 7) is 12.0. The van der Waals surface area contributed by atoms with Gasteiger partial charge in [0.25, 0.3) is 0 Å². The molecule has 1 heterocycles. The van der Waals surface area contributed by atoms with E-state index in [1.807, 2.05) is 6.20 Å². The molecule has 132 valence electrons. The summed E-state index contributed by atoms with van der Waals surface area (Å²) in [6, 6.07) is -0.126. The van der Waals surface area contributed by atoms with Crippen LogP contribution < -0.4 is 10.6 Å². The van der Waals surface area contributed by atoms with Crippen LogP contribution in [0.1, 0.15) is 71.1 Å². The average molecular weight is 332 g/mol. The first-order chi connectivity index (χ1) is 11.0. The second-order valence-electron chi connectivity index (χ2n) is 8.42. The number of nitrogens with one attached hydrogen (secondary N) is 2. The van der Waals surface area contributed by atoms with Crippen molar-refractivity contribution in [3.8, 4) is 0 Å². The maximum atomic E-state index is 12.1. The predicted molar refractivity (Wildman–Crippen MR) is 92.4 cm³/mol. The Kier molecular flexibility index (Phi) is 4.97. The van der Waals surface area contributed by atoms with Gasteiger partial charge in [-0.05, 0) is 18.3 Å². The van der Waals surface area contributed by atoms with E-state index in [4.69, 9.17) is 4.98 Å². The summed E-state index contributed by atoms with van der Waals surface area (Å²) in [7, 11) is 0. The van der Waals surface area contributed by atoms with E-state index in [9.17, 15) is 9.59 Å². The van der Waals surface area contributed by atoms with Gasteiger partial charge in [-0.15, -0.1) is 0 Å². The van der Waals surface area contributed by atoms with E-state index in [0.29, 0.717) is 0 Å². The largest absolute Gasteiger partial charge is 0.348 e. The second kappa shape index (κ2) is 6.49. The molecule has 0 aliphatic heterocycles. The summed E-state index contributed by atoms with van der Waals surface area (Å²) in [5.41, 5.74) is 1.93. The zero-order valence-electron chi connectivity index (χ0n) is 15.5. The predicted octanol–water partition coefficient (Wildman–Crippen LogP) is 2.04. The summed E-state index contributed by atoms with van der Waals surface area (Å²) in [4.78, 5) is 32.3. The minimum atomic E-state index is -0.215. The number of rotatable bonds is 3. The van der Waals surface area contributed by atoms with Crippen molar-refractivity contribution < 1.29 is 9.59 Å². The Bertz CT molecular complexity index is 647. The van der Waals surface area contributed by atoms with Crippen molar-refractivity contribution in [1.29, 1.82) is 0 Å². The number of amides is 2. The molecule has 0 radical (unpaired) electrons. The molecular weight excluding hydrogens is 304 g/mol. The molecule has 0 aromatic carbocycles. The minimum Gasteiger partial charge on any atom is -0.348 e. The van der Waals surface area contributed by atoms with Gasteiger partial charge >= 0.3 is 0 Å². The Morgan fingerprint density at radius 3 is 2.58 bits per heavy atom. The number of carbonyl (C=O) groups excluding carboxylic acids is 2. The van der Waals surface area contributed by atoms with Crippen LogP contribution in [0.4, 0.5) is 0 Å². The van der Waals surface area contributed by atoms with Crippen LogP contribution in [0.5, 0.6) is 0 Å². The highest BCUT2D eigenvalue weighted by molar-refractivity contribution is 5.83. The molecule has 24 heavy (non-hydrogen) atoms. The Morgan fingerprint density at radius 1 is 1.33 bits per heavy atom. The van der Waals surface area contributed by atoms with Crippen LogP contribution >= 0.6 is 0 Å². The van der Waals surface area contributed by atoms with Gasteiger partial charge in [-0.25, -0.2) is 9.97 Å². The van der Waals surface area contributed by atoms with Crippen LogP contribution in [-0.4, -0.2) is 28.3 Å². The molecule has 1 atom stereocenters. The van der Waals surface area contributed by atoms with E-state index in [2.05, 4.69) is 50.2 Å². The topological polar surface area (TPSA) is 84.0 Å². The van der Waals surface area contributed by atoms with Gasteiger partial charge in [-0.3, -0.25) is 9.59 Å². The fourth-order valence-electron chi connectivity index (χ4n) is 2.99. The molecule has 0 fully saturated rings. The highest BCUT2D eigenvalue weighted by Crippen LogP contribution is 2.40. The summed E-state index contributed by atoms with van der Waals surface area (Å²) >= 11 is 0. The second-order valence-corrected chi connectivity index (χ2v) is 8.42. The van der Waals surface area contributed by atoms with Crippen LogP contribution in [0.3, 0.4) is 0 Å². The number of aromatic nitrogens is 2. The zero-order valence-corrected chi connectivity index (χ0v) is 15.5. The molecule has 0 saturated heterocycles. The molecule has 0 bridgehead atoms. The average Bonchev–Trinajstić information content (AvgIpc) is 2.42. The third-order valence-electron chi connectivity index (χ3n) is 4.18. The lowest BCUT2D eigenvalue weighted by Crippen LogP contribution is -2.41. The molecular formula is C18H28N4O2. The van der Waals surface area contributed by atoms with Crippen molar-refractivity contribution >= 4 is 11.8 Å². The van der Waals surface area contributed by atoms with Gasteiger partial charge in [-0.2, -0.15) is 0 Å². The standard InChI is InChI=1S/C18H28N4O2/c1-11(23)19-10-15(24)21-13-7-18(5,6)8-14-12(13)9-20-16(22-14)17(2,3)4/h9,13H,7-8,10H2,1-6H3,(H,19,23)(H,21,24). The molecule has 1 aliphatic carbocycles. The third-order valence-corrected chi connectivity index (χ3v) is 4.18. The van der Waals surface area contributed by atoms with E-state index >= 15 is 0 Å². The van der Waals surface area contributed by atoms with E-state index in [1.54, 1.807) is 0 Å². The number of nitrogens with zero attached hydrogens (tertiary/aromatic N) is 2. The Hall–Kier alpha value is -1.98. The quantitative estimate of drug-likeness (QED) is 0.887. The van der Waals surface area contributed by atoms with Crippen molar-refractivity contribution in [2.75, 3.05) is 6.54 Å². The lowest BCUT2D eigenvalue weighted by atomic mass is 9.74. The Morgan fingerprint density at radius 2 is 2.00 bits per heavy atom. The highest BCUT2D eigenvalue weighted by atomic mass is 16.2. The number of carbonyl (C=O) groups is 2. The summed E-state index contributed by atoms with van der Waals surface area (Å²) < 4.78 is 0. The van der Waals surface area contributed by atoms with Gasteiger partial charge in [0.05, 0.1) is 12.6 Å². The highest BCUT2D eigenvalue weighted by Gasteiger charge is 2.35.